The molecule has 5 heteroatoms. The van der Waals surface area contributed by atoms with E-state index in [4.69, 9.17) is 5.73 Å². The summed E-state index contributed by atoms with van der Waals surface area (Å²) in [5.74, 6) is 1.99. The molecule has 110 valence electrons. The standard InChI is InChI=1S/C15H24N4O/c16-13-4-1-12(2-5-13)3-6-15(20)19-10-9-18-8-7-17-14(18)11-19/h7-8,12-13H,1-6,9-11,16H2. The average molecular weight is 276 g/mol. The van der Waals surface area contributed by atoms with Gasteiger partial charge in [0.05, 0.1) is 6.54 Å². The first-order valence-corrected chi connectivity index (χ1v) is 7.76. The number of carbonyl (C=O) groups excluding carboxylic acids is 1. The van der Waals surface area contributed by atoms with E-state index in [1.165, 1.54) is 12.8 Å². The number of fused-ring (bicyclic) bond motifs is 1. The van der Waals surface area contributed by atoms with Gasteiger partial charge < -0.3 is 15.2 Å². The van der Waals surface area contributed by atoms with Gasteiger partial charge in [-0.2, -0.15) is 0 Å². The van der Waals surface area contributed by atoms with Crippen LogP contribution in [0.1, 0.15) is 44.3 Å². The minimum absolute atomic E-state index is 0.286. The Bertz CT molecular complexity index is 462. The van der Waals surface area contributed by atoms with Gasteiger partial charge in [-0.3, -0.25) is 4.79 Å². The minimum Gasteiger partial charge on any atom is -0.333 e. The quantitative estimate of drug-likeness (QED) is 0.910. The maximum Gasteiger partial charge on any atom is 0.223 e. The summed E-state index contributed by atoms with van der Waals surface area (Å²) < 4.78 is 2.13. The zero-order valence-corrected chi connectivity index (χ0v) is 12.0. The minimum atomic E-state index is 0.286. The Morgan fingerprint density at radius 3 is 2.90 bits per heavy atom. The first kappa shape index (κ1) is 13.6. The van der Waals surface area contributed by atoms with Crippen molar-refractivity contribution >= 4 is 5.91 Å². The van der Waals surface area contributed by atoms with E-state index in [9.17, 15) is 4.79 Å². The molecular formula is C15H24N4O. The van der Waals surface area contributed by atoms with Crippen molar-refractivity contribution in [2.75, 3.05) is 6.54 Å². The fourth-order valence-electron chi connectivity index (χ4n) is 3.35. The van der Waals surface area contributed by atoms with Crippen LogP contribution in [-0.2, 0) is 17.9 Å². The van der Waals surface area contributed by atoms with Gasteiger partial charge in [0.15, 0.2) is 0 Å². The lowest BCUT2D eigenvalue weighted by Gasteiger charge is -2.29. The number of hydrogen-bond donors (Lipinski definition) is 1. The molecule has 0 spiro atoms. The van der Waals surface area contributed by atoms with Gasteiger partial charge in [-0.25, -0.2) is 4.98 Å². The zero-order chi connectivity index (χ0) is 13.9. The summed E-state index contributed by atoms with van der Waals surface area (Å²) in [5, 5.41) is 0. The Kier molecular flexibility index (Phi) is 4.05. The van der Waals surface area contributed by atoms with Crippen LogP contribution >= 0.6 is 0 Å². The molecule has 1 aromatic rings. The van der Waals surface area contributed by atoms with Crippen LogP contribution in [0.2, 0.25) is 0 Å². The third kappa shape index (κ3) is 3.03. The summed E-state index contributed by atoms with van der Waals surface area (Å²) in [6, 6.07) is 0.392. The number of hydrogen-bond acceptors (Lipinski definition) is 3. The Hall–Kier alpha value is -1.36. The molecule has 20 heavy (non-hydrogen) atoms. The lowest BCUT2D eigenvalue weighted by molar-refractivity contribution is -0.133. The maximum absolute atomic E-state index is 12.3. The van der Waals surface area contributed by atoms with Crippen LogP contribution in [0.15, 0.2) is 12.4 Å². The number of nitrogens with zero attached hydrogens (tertiary/aromatic N) is 3. The summed E-state index contributed by atoms with van der Waals surface area (Å²) in [5.41, 5.74) is 5.92. The predicted molar refractivity (Wildman–Crippen MR) is 76.8 cm³/mol. The number of aromatic nitrogens is 2. The SMILES string of the molecule is NC1CCC(CCC(=O)N2CCn3ccnc3C2)CC1. The Morgan fingerprint density at radius 1 is 1.30 bits per heavy atom. The van der Waals surface area contributed by atoms with Crippen molar-refractivity contribution in [2.24, 2.45) is 11.7 Å². The predicted octanol–water partition coefficient (Wildman–Crippen LogP) is 1.52. The second-order valence-electron chi connectivity index (χ2n) is 6.17. The summed E-state index contributed by atoms with van der Waals surface area (Å²) in [7, 11) is 0. The molecule has 0 atom stereocenters. The van der Waals surface area contributed by atoms with Crippen LogP contribution in [0.5, 0.6) is 0 Å². The third-order valence-electron chi connectivity index (χ3n) is 4.76. The van der Waals surface area contributed by atoms with Gasteiger partial charge in [0.25, 0.3) is 0 Å². The van der Waals surface area contributed by atoms with Gasteiger partial charge in [0.1, 0.15) is 5.82 Å². The molecule has 3 rings (SSSR count). The zero-order valence-electron chi connectivity index (χ0n) is 12.0. The summed E-state index contributed by atoms with van der Waals surface area (Å²) in [6.07, 6.45) is 10.1. The van der Waals surface area contributed by atoms with E-state index in [2.05, 4.69) is 9.55 Å². The molecule has 0 aromatic carbocycles. The van der Waals surface area contributed by atoms with Crippen LogP contribution in [0.3, 0.4) is 0 Å². The molecule has 2 heterocycles. The molecule has 1 fully saturated rings. The highest BCUT2D eigenvalue weighted by Crippen LogP contribution is 2.27. The topological polar surface area (TPSA) is 64.2 Å². The monoisotopic (exact) mass is 276 g/mol. The van der Waals surface area contributed by atoms with E-state index in [0.717, 1.165) is 38.2 Å². The van der Waals surface area contributed by atoms with Crippen LogP contribution < -0.4 is 5.73 Å². The van der Waals surface area contributed by atoms with E-state index < -0.39 is 0 Å². The molecule has 5 nitrogen and oxygen atoms in total. The highest BCUT2D eigenvalue weighted by molar-refractivity contribution is 5.76. The summed E-state index contributed by atoms with van der Waals surface area (Å²) in [6.45, 7) is 2.36. The summed E-state index contributed by atoms with van der Waals surface area (Å²) in [4.78, 5) is 18.6. The Balaban J connectivity index is 1.46. The molecule has 0 bridgehead atoms. The highest BCUT2D eigenvalue weighted by atomic mass is 16.2. The van der Waals surface area contributed by atoms with Crippen LogP contribution in [0.25, 0.3) is 0 Å². The van der Waals surface area contributed by atoms with Crippen LogP contribution in [0.4, 0.5) is 0 Å². The van der Waals surface area contributed by atoms with Crippen molar-refractivity contribution in [3.8, 4) is 0 Å². The normalized spacial score (nSPS) is 26.4. The molecule has 1 aliphatic carbocycles. The molecule has 2 aliphatic rings. The number of imidazole rings is 1. The maximum atomic E-state index is 12.3. The highest BCUT2D eigenvalue weighted by Gasteiger charge is 2.23. The molecule has 1 saturated carbocycles. The lowest BCUT2D eigenvalue weighted by Crippen LogP contribution is -2.38. The van der Waals surface area contributed by atoms with Crippen molar-refractivity contribution < 1.29 is 4.79 Å². The Labute approximate surface area is 120 Å². The molecule has 1 amide bonds. The summed E-state index contributed by atoms with van der Waals surface area (Å²) >= 11 is 0. The molecule has 0 radical (unpaired) electrons. The molecule has 0 unspecified atom stereocenters. The first-order valence-electron chi connectivity index (χ1n) is 7.76. The number of amides is 1. The lowest BCUT2D eigenvalue weighted by atomic mass is 9.84. The van der Waals surface area contributed by atoms with Crippen molar-refractivity contribution in [3.63, 3.8) is 0 Å². The van der Waals surface area contributed by atoms with Gasteiger partial charge >= 0.3 is 0 Å². The molecule has 0 saturated heterocycles. The second-order valence-corrected chi connectivity index (χ2v) is 6.17. The van der Waals surface area contributed by atoms with Crippen molar-refractivity contribution in [1.29, 1.82) is 0 Å². The Morgan fingerprint density at radius 2 is 2.10 bits per heavy atom. The molecule has 2 N–H and O–H groups in total. The molecular weight excluding hydrogens is 252 g/mol. The van der Waals surface area contributed by atoms with E-state index in [1.807, 2.05) is 17.3 Å². The molecule has 1 aromatic heterocycles. The second kappa shape index (κ2) is 5.95. The van der Waals surface area contributed by atoms with Gasteiger partial charge in [0.2, 0.25) is 5.91 Å². The van der Waals surface area contributed by atoms with Gasteiger partial charge in [-0.15, -0.1) is 0 Å². The van der Waals surface area contributed by atoms with Gasteiger partial charge in [0, 0.05) is 37.9 Å². The van der Waals surface area contributed by atoms with E-state index >= 15 is 0 Å². The van der Waals surface area contributed by atoms with Crippen LogP contribution in [-0.4, -0.2) is 32.9 Å². The number of carbonyl (C=O) groups is 1. The van der Waals surface area contributed by atoms with Crippen LogP contribution in [0, 0.1) is 5.92 Å². The fourth-order valence-corrected chi connectivity index (χ4v) is 3.35. The smallest absolute Gasteiger partial charge is 0.223 e. The first-order chi connectivity index (χ1) is 9.72. The third-order valence-corrected chi connectivity index (χ3v) is 4.76. The van der Waals surface area contributed by atoms with E-state index in [-0.39, 0.29) is 5.91 Å². The van der Waals surface area contributed by atoms with E-state index in [1.54, 1.807) is 0 Å². The number of rotatable bonds is 3. The van der Waals surface area contributed by atoms with Crippen molar-refractivity contribution in [2.45, 2.75) is 57.7 Å². The largest absolute Gasteiger partial charge is 0.333 e. The van der Waals surface area contributed by atoms with Crippen molar-refractivity contribution in [3.05, 3.63) is 18.2 Å². The van der Waals surface area contributed by atoms with Gasteiger partial charge in [-0.1, -0.05) is 0 Å². The number of nitrogens with two attached hydrogens (primary N) is 1. The van der Waals surface area contributed by atoms with E-state index in [0.29, 0.717) is 24.9 Å². The average Bonchev–Trinajstić information content (AvgIpc) is 2.93. The fraction of sp³-hybridized carbons (Fsp3) is 0.733. The van der Waals surface area contributed by atoms with Gasteiger partial charge in [-0.05, 0) is 38.0 Å². The molecule has 1 aliphatic heterocycles. The van der Waals surface area contributed by atoms with Crippen molar-refractivity contribution in [1.82, 2.24) is 14.5 Å².